The van der Waals surface area contributed by atoms with Crippen molar-refractivity contribution in [2.45, 2.75) is 20.3 Å². The molecule has 0 atom stereocenters. The van der Waals surface area contributed by atoms with Gasteiger partial charge >= 0.3 is 0 Å². The molecule has 0 aliphatic heterocycles. The molecule has 0 aromatic heterocycles. The zero-order chi connectivity index (χ0) is 13.6. The number of nitrogens with zero attached hydrogens (tertiary/aromatic N) is 1. The molecule has 18 heavy (non-hydrogen) atoms. The smallest absolute Gasteiger partial charge is 0.251 e. The van der Waals surface area contributed by atoms with Gasteiger partial charge in [0.2, 0.25) is 0 Å². The number of carbonyl (C=O) groups is 1. The first-order chi connectivity index (χ1) is 8.48. The van der Waals surface area contributed by atoms with Crippen LogP contribution in [-0.2, 0) is 0 Å². The van der Waals surface area contributed by atoms with Crippen LogP contribution in [-0.4, -0.2) is 18.3 Å². The number of halogens is 1. The molecule has 0 unspecified atom stereocenters. The highest BCUT2D eigenvalue weighted by Crippen LogP contribution is 2.19. The minimum absolute atomic E-state index is 0.0236. The standard InChI is InChI=1S/C14H17ClN2O/c1-14(2,6-7-15)10-17-13(18)12-5-3-4-11(8-12)9-16/h3-5,8H,6-7,10H2,1-2H3,(H,17,18). The molecule has 0 fully saturated rings. The molecule has 0 heterocycles. The Labute approximate surface area is 113 Å². The molecule has 1 N–H and O–H groups in total. The van der Waals surface area contributed by atoms with E-state index in [2.05, 4.69) is 19.2 Å². The first-order valence-corrected chi connectivity index (χ1v) is 6.36. The number of hydrogen-bond donors (Lipinski definition) is 1. The predicted molar refractivity (Wildman–Crippen MR) is 72.6 cm³/mol. The minimum Gasteiger partial charge on any atom is -0.352 e. The van der Waals surface area contributed by atoms with Crippen LogP contribution >= 0.6 is 11.6 Å². The lowest BCUT2D eigenvalue weighted by atomic mass is 9.90. The fourth-order valence-electron chi connectivity index (χ4n) is 1.50. The molecule has 0 aliphatic carbocycles. The van der Waals surface area contributed by atoms with Crippen molar-refractivity contribution in [3.05, 3.63) is 35.4 Å². The van der Waals surface area contributed by atoms with Gasteiger partial charge in [0, 0.05) is 18.0 Å². The monoisotopic (exact) mass is 264 g/mol. The van der Waals surface area contributed by atoms with Crippen molar-refractivity contribution in [2.75, 3.05) is 12.4 Å². The van der Waals surface area contributed by atoms with E-state index in [1.807, 2.05) is 6.07 Å². The van der Waals surface area contributed by atoms with Crippen molar-refractivity contribution in [1.29, 1.82) is 5.26 Å². The minimum atomic E-state index is -0.158. The topological polar surface area (TPSA) is 52.9 Å². The van der Waals surface area contributed by atoms with Crippen LogP contribution in [0.1, 0.15) is 36.2 Å². The summed E-state index contributed by atoms with van der Waals surface area (Å²) in [7, 11) is 0. The molecular weight excluding hydrogens is 248 g/mol. The van der Waals surface area contributed by atoms with Crippen molar-refractivity contribution in [3.8, 4) is 6.07 Å². The lowest BCUT2D eigenvalue weighted by molar-refractivity contribution is 0.0936. The van der Waals surface area contributed by atoms with E-state index in [0.717, 1.165) is 6.42 Å². The van der Waals surface area contributed by atoms with E-state index < -0.39 is 0 Å². The van der Waals surface area contributed by atoms with Gasteiger partial charge in [0.05, 0.1) is 11.6 Å². The van der Waals surface area contributed by atoms with E-state index in [0.29, 0.717) is 23.6 Å². The van der Waals surface area contributed by atoms with Crippen LogP contribution < -0.4 is 5.32 Å². The van der Waals surface area contributed by atoms with Gasteiger partial charge in [-0.1, -0.05) is 19.9 Å². The zero-order valence-corrected chi connectivity index (χ0v) is 11.4. The SMILES string of the molecule is CC(C)(CCCl)CNC(=O)c1cccc(C#N)c1. The van der Waals surface area contributed by atoms with E-state index in [1.165, 1.54) is 0 Å². The van der Waals surface area contributed by atoms with Crippen molar-refractivity contribution < 1.29 is 4.79 Å². The van der Waals surface area contributed by atoms with Gasteiger partial charge in [-0.2, -0.15) is 5.26 Å². The Morgan fingerprint density at radius 1 is 1.50 bits per heavy atom. The molecule has 0 aliphatic rings. The highest BCUT2D eigenvalue weighted by molar-refractivity contribution is 6.17. The summed E-state index contributed by atoms with van der Waals surface area (Å²) in [5.74, 6) is 0.419. The van der Waals surface area contributed by atoms with Crippen LogP contribution in [0.15, 0.2) is 24.3 Å². The van der Waals surface area contributed by atoms with Gasteiger partial charge in [-0.15, -0.1) is 11.6 Å². The second-order valence-electron chi connectivity index (χ2n) is 4.98. The van der Waals surface area contributed by atoms with Gasteiger partial charge in [0.1, 0.15) is 0 Å². The van der Waals surface area contributed by atoms with Gasteiger partial charge in [0.15, 0.2) is 0 Å². The van der Waals surface area contributed by atoms with E-state index in [9.17, 15) is 4.79 Å². The Balaban J connectivity index is 2.63. The Morgan fingerprint density at radius 3 is 2.83 bits per heavy atom. The third-order valence-corrected chi connectivity index (χ3v) is 2.94. The summed E-state index contributed by atoms with van der Waals surface area (Å²) in [6, 6.07) is 8.68. The molecule has 3 nitrogen and oxygen atoms in total. The molecule has 0 spiro atoms. The highest BCUT2D eigenvalue weighted by Gasteiger charge is 2.18. The van der Waals surface area contributed by atoms with Crippen LogP contribution in [0.3, 0.4) is 0 Å². The number of nitrogens with one attached hydrogen (secondary N) is 1. The molecule has 1 aromatic rings. The quantitative estimate of drug-likeness (QED) is 0.832. The van der Waals surface area contributed by atoms with E-state index in [4.69, 9.17) is 16.9 Å². The second-order valence-corrected chi connectivity index (χ2v) is 5.36. The lowest BCUT2D eigenvalue weighted by Gasteiger charge is -2.23. The van der Waals surface area contributed by atoms with E-state index in [-0.39, 0.29) is 11.3 Å². The zero-order valence-electron chi connectivity index (χ0n) is 10.7. The van der Waals surface area contributed by atoms with Gasteiger partial charge in [-0.3, -0.25) is 4.79 Å². The molecule has 4 heteroatoms. The van der Waals surface area contributed by atoms with Crippen LogP contribution in [0.4, 0.5) is 0 Å². The Bertz CT molecular complexity index is 463. The maximum atomic E-state index is 11.9. The largest absolute Gasteiger partial charge is 0.352 e. The predicted octanol–water partition coefficient (Wildman–Crippen LogP) is 2.94. The van der Waals surface area contributed by atoms with Crippen LogP contribution in [0.2, 0.25) is 0 Å². The highest BCUT2D eigenvalue weighted by atomic mass is 35.5. The first kappa shape index (κ1) is 14.5. The maximum absolute atomic E-state index is 11.9. The number of rotatable bonds is 5. The molecule has 1 amide bonds. The fraction of sp³-hybridized carbons (Fsp3) is 0.429. The van der Waals surface area contributed by atoms with E-state index in [1.54, 1.807) is 24.3 Å². The summed E-state index contributed by atoms with van der Waals surface area (Å²) in [6.45, 7) is 4.68. The third-order valence-electron chi connectivity index (χ3n) is 2.75. The Kier molecular flexibility index (Phi) is 5.18. The van der Waals surface area contributed by atoms with Crippen LogP contribution in [0.5, 0.6) is 0 Å². The molecule has 0 saturated carbocycles. The number of hydrogen-bond acceptors (Lipinski definition) is 2. The van der Waals surface area contributed by atoms with Gasteiger partial charge in [0.25, 0.3) is 5.91 Å². The number of amides is 1. The third kappa shape index (κ3) is 4.38. The summed E-state index contributed by atoms with van der Waals surface area (Å²) < 4.78 is 0. The molecule has 0 saturated heterocycles. The molecular formula is C14H17ClN2O. The summed E-state index contributed by atoms with van der Waals surface area (Å²) in [5, 5.41) is 11.6. The number of carbonyl (C=O) groups excluding carboxylic acids is 1. The summed E-state index contributed by atoms with van der Waals surface area (Å²) in [4.78, 5) is 11.9. The average molecular weight is 265 g/mol. The van der Waals surface area contributed by atoms with Crippen LogP contribution in [0.25, 0.3) is 0 Å². The van der Waals surface area contributed by atoms with Crippen LogP contribution in [0, 0.1) is 16.7 Å². The summed E-state index contributed by atoms with van der Waals surface area (Å²) >= 11 is 5.71. The van der Waals surface area contributed by atoms with Gasteiger partial charge in [-0.05, 0) is 30.0 Å². The fourth-order valence-corrected chi connectivity index (χ4v) is 2.01. The number of nitriles is 1. The molecule has 1 rings (SSSR count). The second kappa shape index (κ2) is 6.42. The lowest BCUT2D eigenvalue weighted by Crippen LogP contribution is -2.34. The molecule has 0 radical (unpaired) electrons. The Hall–Kier alpha value is -1.53. The van der Waals surface area contributed by atoms with E-state index >= 15 is 0 Å². The maximum Gasteiger partial charge on any atom is 0.251 e. The molecule has 0 bridgehead atoms. The van der Waals surface area contributed by atoms with Crippen molar-refractivity contribution in [1.82, 2.24) is 5.32 Å². The Morgan fingerprint density at radius 2 is 2.22 bits per heavy atom. The molecule has 96 valence electrons. The van der Waals surface area contributed by atoms with Crippen molar-refractivity contribution in [3.63, 3.8) is 0 Å². The van der Waals surface area contributed by atoms with Crippen molar-refractivity contribution >= 4 is 17.5 Å². The van der Waals surface area contributed by atoms with Gasteiger partial charge in [-0.25, -0.2) is 0 Å². The van der Waals surface area contributed by atoms with Gasteiger partial charge < -0.3 is 5.32 Å². The number of benzene rings is 1. The van der Waals surface area contributed by atoms with Crippen molar-refractivity contribution in [2.24, 2.45) is 5.41 Å². The normalized spacial score (nSPS) is 10.8. The summed E-state index contributed by atoms with van der Waals surface area (Å²) in [6.07, 6.45) is 0.840. The average Bonchev–Trinajstić information content (AvgIpc) is 2.36. The number of alkyl halides is 1. The summed E-state index contributed by atoms with van der Waals surface area (Å²) in [5.41, 5.74) is 0.975. The first-order valence-electron chi connectivity index (χ1n) is 5.83. The molecule has 1 aromatic carbocycles.